The van der Waals surface area contributed by atoms with Crippen LogP contribution >= 0.6 is 0 Å². The Labute approximate surface area is 137 Å². The van der Waals surface area contributed by atoms with Crippen molar-refractivity contribution in [3.8, 4) is 11.4 Å². The summed E-state index contributed by atoms with van der Waals surface area (Å²) in [5.74, 6) is 0.740. The Morgan fingerprint density at radius 3 is 2.75 bits per heavy atom. The smallest absolute Gasteiger partial charge is 0.293 e. The minimum absolute atomic E-state index is 0.254. The van der Waals surface area contributed by atoms with Crippen LogP contribution in [-0.4, -0.2) is 30.6 Å². The van der Waals surface area contributed by atoms with Gasteiger partial charge in [-0.3, -0.25) is 4.79 Å². The zero-order valence-corrected chi connectivity index (χ0v) is 12.9. The molecule has 0 saturated heterocycles. The molecule has 4 rings (SSSR count). The number of aryl methyl sites for hydroxylation is 1. The number of aromatic amines is 1. The number of imidazole rings is 1. The summed E-state index contributed by atoms with van der Waals surface area (Å²) >= 11 is 0. The molecule has 2 aromatic heterocycles. The summed E-state index contributed by atoms with van der Waals surface area (Å²) in [5.41, 5.74) is 3.37. The number of rotatable bonds is 3. The number of hydrogen-bond donors (Lipinski definition) is 2. The highest BCUT2D eigenvalue weighted by Gasteiger charge is 2.13. The highest BCUT2D eigenvalue weighted by atomic mass is 16.2. The fourth-order valence-corrected chi connectivity index (χ4v) is 2.51. The highest BCUT2D eigenvalue weighted by Crippen LogP contribution is 2.22. The normalized spacial score (nSPS) is 10.9. The zero-order valence-electron chi connectivity index (χ0n) is 12.9. The molecule has 0 unspecified atom stereocenters. The van der Waals surface area contributed by atoms with Crippen molar-refractivity contribution in [2.75, 3.05) is 5.32 Å². The molecule has 7 heteroatoms. The maximum atomic E-state index is 12.2. The molecule has 0 aliphatic heterocycles. The maximum absolute atomic E-state index is 12.2. The van der Waals surface area contributed by atoms with Crippen molar-refractivity contribution in [3.05, 3.63) is 60.7 Å². The maximum Gasteiger partial charge on any atom is 0.293 e. The number of fused-ring (bicyclic) bond motifs is 1. The standard InChI is InChI=1S/C17H14N6O/c1-23-16(18-10-19-23)17(24)20-12-7-8-13-14(9-12)22-15(21-13)11-5-3-2-4-6-11/h2-10H,1H3,(H,20,24)(H,21,22). The third-order valence-electron chi connectivity index (χ3n) is 3.70. The number of carbonyl (C=O) groups is 1. The fraction of sp³-hybridized carbons (Fsp3) is 0.0588. The topological polar surface area (TPSA) is 88.5 Å². The lowest BCUT2D eigenvalue weighted by molar-refractivity contribution is 0.101. The lowest BCUT2D eigenvalue weighted by Crippen LogP contribution is -2.17. The highest BCUT2D eigenvalue weighted by molar-refractivity contribution is 6.02. The predicted molar refractivity (Wildman–Crippen MR) is 90.5 cm³/mol. The second kappa shape index (κ2) is 5.62. The van der Waals surface area contributed by atoms with Crippen molar-refractivity contribution in [1.29, 1.82) is 0 Å². The minimum Gasteiger partial charge on any atom is -0.338 e. The predicted octanol–water partition coefficient (Wildman–Crippen LogP) is 2.61. The van der Waals surface area contributed by atoms with Gasteiger partial charge in [0.25, 0.3) is 5.91 Å². The first-order valence-corrected chi connectivity index (χ1v) is 7.41. The quantitative estimate of drug-likeness (QED) is 0.608. The number of H-pyrrole nitrogens is 1. The first kappa shape index (κ1) is 14.1. The van der Waals surface area contributed by atoms with Crippen LogP contribution in [0, 0.1) is 0 Å². The number of aromatic nitrogens is 5. The number of nitrogens with one attached hydrogen (secondary N) is 2. The van der Waals surface area contributed by atoms with Crippen LogP contribution in [0.1, 0.15) is 10.6 Å². The molecule has 7 nitrogen and oxygen atoms in total. The minimum atomic E-state index is -0.308. The van der Waals surface area contributed by atoms with Gasteiger partial charge in [-0.25, -0.2) is 14.6 Å². The lowest BCUT2D eigenvalue weighted by Gasteiger charge is -2.04. The van der Waals surface area contributed by atoms with Gasteiger partial charge in [0.05, 0.1) is 11.0 Å². The molecular weight excluding hydrogens is 304 g/mol. The van der Waals surface area contributed by atoms with Gasteiger partial charge in [0.2, 0.25) is 5.82 Å². The monoisotopic (exact) mass is 318 g/mol. The van der Waals surface area contributed by atoms with Gasteiger partial charge >= 0.3 is 0 Å². The van der Waals surface area contributed by atoms with Crippen LogP contribution in [0.2, 0.25) is 0 Å². The lowest BCUT2D eigenvalue weighted by atomic mass is 10.2. The van der Waals surface area contributed by atoms with E-state index in [-0.39, 0.29) is 11.7 Å². The van der Waals surface area contributed by atoms with E-state index < -0.39 is 0 Å². The Bertz CT molecular complexity index is 1020. The molecule has 2 N–H and O–H groups in total. The largest absolute Gasteiger partial charge is 0.338 e. The average Bonchev–Trinajstić information content (AvgIpc) is 3.21. The Morgan fingerprint density at radius 2 is 2.00 bits per heavy atom. The van der Waals surface area contributed by atoms with Crippen molar-refractivity contribution in [2.24, 2.45) is 7.05 Å². The van der Waals surface area contributed by atoms with E-state index in [4.69, 9.17) is 0 Å². The first-order chi connectivity index (χ1) is 11.7. The summed E-state index contributed by atoms with van der Waals surface area (Å²) in [6.07, 6.45) is 1.35. The summed E-state index contributed by atoms with van der Waals surface area (Å²) in [6.45, 7) is 0. The van der Waals surface area contributed by atoms with Crippen LogP contribution in [0.4, 0.5) is 5.69 Å². The Balaban J connectivity index is 1.64. The Hall–Kier alpha value is -3.48. The summed E-state index contributed by atoms with van der Waals surface area (Å²) in [4.78, 5) is 24.0. The molecule has 118 valence electrons. The van der Waals surface area contributed by atoms with E-state index >= 15 is 0 Å². The van der Waals surface area contributed by atoms with E-state index in [0.29, 0.717) is 5.69 Å². The molecular formula is C17H14N6O. The van der Waals surface area contributed by atoms with Gasteiger partial charge in [-0.05, 0) is 18.2 Å². The van der Waals surface area contributed by atoms with Crippen LogP contribution in [0.5, 0.6) is 0 Å². The molecule has 0 radical (unpaired) electrons. The number of carbonyl (C=O) groups excluding carboxylic acids is 1. The van der Waals surface area contributed by atoms with Crippen molar-refractivity contribution in [3.63, 3.8) is 0 Å². The number of benzene rings is 2. The van der Waals surface area contributed by atoms with E-state index in [1.807, 2.05) is 48.5 Å². The summed E-state index contributed by atoms with van der Waals surface area (Å²) < 4.78 is 1.43. The van der Waals surface area contributed by atoms with Crippen LogP contribution in [0.25, 0.3) is 22.4 Å². The first-order valence-electron chi connectivity index (χ1n) is 7.41. The van der Waals surface area contributed by atoms with Gasteiger partial charge in [-0.2, -0.15) is 5.10 Å². The van der Waals surface area contributed by atoms with Crippen molar-refractivity contribution in [1.82, 2.24) is 24.7 Å². The average molecular weight is 318 g/mol. The molecule has 0 aliphatic rings. The van der Waals surface area contributed by atoms with Gasteiger partial charge in [-0.1, -0.05) is 30.3 Å². The third kappa shape index (κ3) is 2.52. The number of nitrogens with zero attached hydrogens (tertiary/aromatic N) is 4. The van der Waals surface area contributed by atoms with E-state index in [0.717, 1.165) is 22.4 Å². The van der Waals surface area contributed by atoms with E-state index in [1.54, 1.807) is 7.05 Å². The summed E-state index contributed by atoms with van der Waals surface area (Å²) in [6, 6.07) is 15.4. The van der Waals surface area contributed by atoms with E-state index in [2.05, 4.69) is 25.4 Å². The van der Waals surface area contributed by atoms with Crippen molar-refractivity contribution < 1.29 is 4.79 Å². The molecule has 24 heavy (non-hydrogen) atoms. The van der Waals surface area contributed by atoms with Gasteiger partial charge in [0.1, 0.15) is 12.2 Å². The van der Waals surface area contributed by atoms with Gasteiger partial charge in [-0.15, -0.1) is 0 Å². The fourth-order valence-electron chi connectivity index (χ4n) is 2.51. The Morgan fingerprint density at radius 1 is 1.17 bits per heavy atom. The van der Waals surface area contributed by atoms with Gasteiger partial charge in [0.15, 0.2) is 0 Å². The second-order valence-electron chi connectivity index (χ2n) is 5.34. The van der Waals surface area contributed by atoms with Gasteiger partial charge < -0.3 is 10.3 Å². The molecule has 0 fully saturated rings. The summed E-state index contributed by atoms with van der Waals surface area (Å²) in [5, 5.41) is 6.71. The van der Waals surface area contributed by atoms with Crippen LogP contribution in [0.3, 0.4) is 0 Å². The zero-order chi connectivity index (χ0) is 16.5. The number of amides is 1. The SMILES string of the molecule is Cn1ncnc1C(=O)Nc1ccc2nc(-c3ccccc3)[nH]c2c1. The molecule has 0 bridgehead atoms. The van der Waals surface area contributed by atoms with Crippen LogP contribution < -0.4 is 5.32 Å². The molecule has 2 heterocycles. The third-order valence-corrected chi connectivity index (χ3v) is 3.70. The van der Waals surface area contributed by atoms with Crippen LogP contribution in [-0.2, 0) is 7.05 Å². The van der Waals surface area contributed by atoms with Crippen LogP contribution in [0.15, 0.2) is 54.9 Å². The molecule has 0 atom stereocenters. The molecule has 4 aromatic rings. The molecule has 0 saturated carbocycles. The summed E-state index contributed by atoms with van der Waals surface area (Å²) in [7, 11) is 1.67. The van der Waals surface area contributed by atoms with Crippen molar-refractivity contribution >= 4 is 22.6 Å². The Kier molecular flexibility index (Phi) is 3.31. The second-order valence-corrected chi connectivity index (χ2v) is 5.34. The molecule has 2 aromatic carbocycles. The molecule has 0 spiro atoms. The van der Waals surface area contributed by atoms with E-state index in [1.165, 1.54) is 11.0 Å². The number of hydrogen-bond acceptors (Lipinski definition) is 4. The van der Waals surface area contributed by atoms with Crippen molar-refractivity contribution in [2.45, 2.75) is 0 Å². The van der Waals surface area contributed by atoms with E-state index in [9.17, 15) is 4.79 Å². The molecule has 0 aliphatic carbocycles. The van der Waals surface area contributed by atoms with Gasteiger partial charge in [0, 0.05) is 18.3 Å². The molecule has 1 amide bonds. The number of anilines is 1.